The van der Waals surface area contributed by atoms with Crippen molar-refractivity contribution >= 4 is 17.8 Å². The first kappa shape index (κ1) is 31.4. The molecule has 2 rings (SSSR count). The number of ether oxygens (including phenoxy) is 4. The van der Waals surface area contributed by atoms with Gasteiger partial charge in [-0.05, 0) is 19.4 Å². The Kier molecular flexibility index (Phi) is 14.4. The highest BCUT2D eigenvalue weighted by molar-refractivity contribution is 5.98. The summed E-state index contributed by atoms with van der Waals surface area (Å²) in [5, 5.41) is 2.56. The van der Waals surface area contributed by atoms with Gasteiger partial charge in [-0.1, -0.05) is 70.9 Å². The molecule has 1 N–H and O–H groups in total. The zero-order valence-corrected chi connectivity index (χ0v) is 22.9. The summed E-state index contributed by atoms with van der Waals surface area (Å²) in [6.07, 6.45) is 4.19. The van der Waals surface area contributed by atoms with E-state index in [1.54, 1.807) is 20.8 Å². The molecule has 1 aromatic heterocycles. The predicted molar refractivity (Wildman–Crippen MR) is 143 cm³/mol. The summed E-state index contributed by atoms with van der Waals surface area (Å²) in [7, 11) is 1.40. The number of carbonyl (C=O) groups excluding carboxylic acids is 3. The van der Waals surface area contributed by atoms with Crippen LogP contribution in [0.2, 0.25) is 0 Å². The van der Waals surface area contributed by atoms with Crippen LogP contribution in [-0.4, -0.2) is 48.9 Å². The zero-order chi connectivity index (χ0) is 27.8. The van der Waals surface area contributed by atoms with E-state index in [2.05, 4.69) is 24.1 Å². The quantitative estimate of drug-likeness (QED) is 0.309. The van der Waals surface area contributed by atoms with Gasteiger partial charge in [-0.3, -0.25) is 9.59 Å². The molecule has 0 aliphatic rings. The fourth-order valence-electron chi connectivity index (χ4n) is 2.82. The van der Waals surface area contributed by atoms with E-state index in [0.29, 0.717) is 6.42 Å². The van der Waals surface area contributed by atoms with Gasteiger partial charge in [-0.2, -0.15) is 0 Å². The molecule has 0 saturated carbocycles. The van der Waals surface area contributed by atoms with Crippen LogP contribution >= 0.6 is 0 Å². The highest BCUT2D eigenvalue weighted by atomic mass is 16.7. The minimum atomic E-state index is -0.935. The average Bonchev–Trinajstić information content (AvgIpc) is 2.88. The number of carbonyl (C=O) groups is 3. The second-order valence-electron chi connectivity index (χ2n) is 8.70. The van der Waals surface area contributed by atoms with Gasteiger partial charge in [0.2, 0.25) is 6.79 Å². The molecule has 37 heavy (non-hydrogen) atoms. The molecule has 2 aromatic rings. The second-order valence-corrected chi connectivity index (χ2v) is 8.70. The Bertz CT molecular complexity index is 984. The van der Waals surface area contributed by atoms with Crippen molar-refractivity contribution in [3.8, 4) is 11.5 Å². The Labute approximate surface area is 221 Å². The first-order valence-electron chi connectivity index (χ1n) is 12.5. The summed E-state index contributed by atoms with van der Waals surface area (Å²) in [4.78, 5) is 41.0. The summed E-state index contributed by atoms with van der Waals surface area (Å²) < 4.78 is 21.1. The van der Waals surface area contributed by atoms with Gasteiger partial charge < -0.3 is 24.3 Å². The fraction of sp³-hybridized carbons (Fsp3) is 0.500. The number of pyridine rings is 1. The molecule has 1 amide bonds. The van der Waals surface area contributed by atoms with E-state index in [9.17, 15) is 14.4 Å². The van der Waals surface area contributed by atoms with Crippen LogP contribution in [0.4, 0.5) is 0 Å². The Morgan fingerprint density at radius 2 is 1.62 bits per heavy atom. The molecule has 0 radical (unpaired) electrons. The van der Waals surface area contributed by atoms with Crippen LogP contribution in [0.5, 0.6) is 11.5 Å². The number of nitrogens with one attached hydrogen (secondary N) is 1. The van der Waals surface area contributed by atoms with Crippen LogP contribution < -0.4 is 14.8 Å². The normalized spacial score (nSPS) is 11.9. The molecule has 0 unspecified atom stereocenters. The van der Waals surface area contributed by atoms with E-state index < -0.39 is 30.7 Å². The molecule has 0 fully saturated rings. The number of unbranched alkanes of at least 4 members (excludes halogenated alkanes) is 1. The van der Waals surface area contributed by atoms with Gasteiger partial charge in [0.1, 0.15) is 12.1 Å². The van der Waals surface area contributed by atoms with Crippen LogP contribution in [-0.2, 0) is 25.5 Å². The van der Waals surface area contributed by atoms with E-state index in [1.165, 1.54) is 39.1 Å². The number of hydrogen-bond acceptors (Lipinski definition) is 8. The van der Waals surface area contributed by atoms with Crippen molar-refractivity contribution in [3.05, 3.63) is 53.9 Å². The van der Waals surface area contributed by atoms with E-state index in [-0.39, 0.29) is 30.6 Å². The third kappa shape index (κ3) is 11.3. The van der Waals surface area contributed by atoms with Crippen molar-refractivity contribution in [2.45, 2.75) is 73.0 Å². The number of benzene rings is 1. The number of methoxy groups -OCH3 is 1. The van der Waals surface area contributed by atoms with Crippen molar-refractivity contribution in [1.29, 1.82) is 0 Å². The molecule has 206 valence electrons. The van der Waals surface area contributed by atoms with Gasteiger partial charge in [0.05, 0.1) is 13.0 Å². The lowest BCUT2D eigenvalue weighted by Crippen LogP contribution is -2.41. The summed E-state index contributed by atoms with van der Waals surface area (Å²) in [5.74, 6) is -1.81. The van der Waals surface area contributed by atoms with Crippen molar-refractivity contribution in [2.75, 3.05) is 13.9 Å². The fourth-order valence-corrected chi connectivity index (χ4v) is 2.82. The molecule has 1 aromatic carbocycles. The SMILES string of the molecule is CCCC.COc1ccnc(C(=O)N[C@@H](C)C(=O)O[C@@H](C)Cc2ccccc2)c1OCOC(=O)C(C)C.[HH]. The summed E-state index contributed by atoms with van der Waals surface area (Å²) in [5.41, 5.74) is 0.918. The van der Waals surface area contributed by atoms with Crippen LogP contribution in [0, 0.1) is 5.92 Å². The maximum Gasteiger partial charge on any atom is 0.328 e. The molecule has 1 heterocycles. The number of nitrogens with zero attached hydrogens (tertiary/aromatic N) is 1. The molecule has 9 nitrogen and oxygen atoms in total. The summed E-state index contributed by atoms with van der Waals surface area (Å²) in [6.45, 7) is 10.6. The van der Waals surface area contributed by atoms with Gasteiger partial charge in [0, 0.05) is 20.1 Å². The van der Waals surface area contributed by atoms with Gasteiger partial charge >= 0.3 is 11.9 Å². The average molecular weight is 519 g/mol. The summed E-state index contributed by atoms with van der Waals surface area (Å²) >= 11 is 0. The van der Waals surface area contributed by atoms with Gasteiger partial charge in [0.15, 0.2) is 17.2 Å². The molecule has 9 heteroatoms. The van der Waals surface area contributed by atoms with Crippen molar-refractivity contribution < 1.29 is 34.8 Å². The van der Waals surface area contributed by atoms with E-state index >= 15 is 0 Å². The molecule has 0 spiro atoms. The van der Waals surface area contributed by atoms with Crippen LogP contribution in [0.25, 0.3) is 0 Å². The first-order chi connectivity index (χ1) is 17.6. The van der Waals surface area contributed by atoms with Crippen LogP contribution in [0.1, 0.15) is 71.9 Å². The molecule has 0 aliphatic carbocycles. The number of rotatable bonds is 12. The van der Waals surface area contributed by atoms with Gasteiger partial charge in [-0.25, -0.2) is 9.78 Å². The van der Waals surface area contributed by atoms with Crippen molar-refractivity contribution in [2.24, 2.45) is 5.92 Å². The monoisotopic (exact) mass is 518 g/mol. The Hall–Kier alpha value is -3.62. The van der Waals surface area contributed by atoms with E-state index in [4.69, 9.17) is 18.9 Å². The lowest BCUT2D eigenvalue weighted by molar-refractivity contribution is -0.154. The lowest BCUT2D eigenvalue weighted by atomic mass is 10.1. The number of aromatic nitrogens is 1. The Balaban J connectivity index is 0.00000255. The third-order valence-corrected chi connectivity index (χ3v) is 5.06. The number of esters is 2. The van der Waals surface area contributed by atoms with Gasteiger partial charge in [0.25, 0.3) is 5.91 Å². The molecule has 0 bridgehead atoms. The smallest absolute Gasteiger partial charge is 0.328 e. The lowest BCUT2D eigenvalue weighted by Gasteiger charge is -2.19. The minimum Gasteiger partial charge on any atom is -0.493 e. The van der Waals surface area contributed by atoms with E-state index in [0.717, 1.165) is 5.56 Å². The van der Waals surface area contributed by atoms with E-state index in [1.807, 2.05) is 30.3 Å². The van der Waals surface area contributed by atoms with Crippen LogP contribution in [0.3, 0.4) is 0 Å². The molecule has 0 saturated heterocycles. The maximum absolute atomic E-state index is 12.8. The number of amides is 1. The Morgan fingerprint density at radius 3 is 2.19 bits per heavy atom. The summed E-state index contributed by atoms with van der Waals surface area (Å²) in [6, 6.07) is 10.2. The van der Waals surface area contributed by atoms with Gasteiger partial charge in [-0.15, -0.1) is 0 Å². The Morgan fingerprint density at radius 1 is 0.973 bits per heavy atom. The first-order valence-corrected chi connectivity index (χ1v) is 12.5. The highest BCUT2D eigenvalue weighted by Crippen LogP contribution is 2.29. The highest BCUT2D eigenvalue weighted by Gasteiger charge is 2.25. The second kappa shape index (κ2) is 16.9. The zero-order valence-electron chi connectivity index (χ0n) is 22.9. The van der Waals surface area contributed by atoms with Crippen LogP contribution in [0.15, 0.2) is 42.6 Å². The number of hydrogen-bond donors (Lipinski definition) is 1. The molecular formula is C28H42N2O7. The standard InChI is InChI=1S/C24H30N2O7.C4H10.H2/c1-15(2)23(28)32-14-31-21-19(30-5)11-12-25-20(21)22(27)26-17(4)24(29)33-16(3)13-18-9-7-6-8-10-18;1-3-4-2;/h6-12,15-17H,13-14H2,1-5H3,(H,26,27);3-4H2,1-2H3;1H/t16-,17-;;/m0../s1. The van der Waals surface area contributed by atoms with Crippen molar-refractivity contribution in [3.63, 3.8) is 0 Å². The molecule has 2 atom stereocenters. The third-order valence-electron chi connectivity index (χ3n) is 5.06. The topological polar surface area (TPSA) is 113 Å². The maximum atomic E-state index is 12.8. The largest absolute Gasteiger partial charge is 0.493 e. The molecular weight excluding hydrogens is 476 g/mol. The minimum absolute atomic E-state index is 0. The van der Waals surface area contributed by atoms with Crippen molar-refractivity contribution in [1.82, 2.24) is 10.3 Å². The molecule has 0 aliphatic heterocycles. The predicted octanol–water partition coefficient (Wildman–Crippen LogP) is 4.97.